The number of rotatable bonds is 5. The molecule has 2 bridgehead atoms. The number of carbonyl (C=O) groups is 1. The van der Waals surface area contributed by atoms with E-state index in [4.69, 9.17) is 0 Å². The number of nitrogens with zero attached hydrogens (tertiary/aromatic N) is 7. The number of aryl methyl sites for hydroxylation is 2. The molecule has 2 fully saturated rings. The lowest BCUT2D eigenvalue weighted by atomic mass is 10.1. The van der Waals surface area contributed by atoms with Crippen molar-refractivity contribution < 1.29 is 18.0 Å². The van der Waals surface area contributed by atoms with Gasteiger partial charge in [-0.1, -0.05) is 0 Å². The molecule has 0 aromatic carbocycles. The van der Waals surface area contributed by atoms with Crippen LogP contribution in [0.4, 0.5) is 30.1 Å². The van der Waals surface area contributed by atoms with E-state index in [2.05, 4.69) is 30.2 Å². The normalized spacial score (nSPS) is 19.0. The maximum absolute atomic E-state index is 13.3. The van der Waals surface area contributed by atoms with Gasteiger partial charge >= 0.3 is 6.18 Å². The highest BCUT2D eigenvalue weighted by Gasteiger charge is 2.43. The minimum atomic E-state index is -4.48. The van der Waals surface area contributed by atoms with Gasteiger partial charge < -0.3 is 15.1 Å². The number of likely N-dealkylation sites (tertiary alicyclic amines) is 1. The van der Waals surface area contributed by atoms with E-state index in [1.165, 1.54) is 11.3 Å². The molecule has 4 aromatic heterocycles. The first-order valence-electron chi connectivity index (χ1n) is 12.3. The molecule has 39 heavy (non-hydrogen) atoms. The summed E-state index contributed by atoms with van der Waals surface area (Å²) >= 11 is 3.08. The largest absolute Gasteiger partial charge is 0.419 e. The second-order valence-electron chi connectivity index (χ2n) is 9.51. The fourth-order valence-electron chi connectivity index (χ4n) is 5.09. The highest BCUT2D eigenvalue weighted by molar-refractivity contribution is 7.16. The number of amides is 1. The summed E-state index contributed by atoms with van der Waals surface area (Å²) in [6.07, 6.45) is 0.323. The Kier molecular flexibility index (Phi) is 6.46. The number of thiazole rings is 2. The molecule has 2 saturated heterocycles. The minimum absolute atomic E-state index is 0.0524. The molecule has 2 unspecified atom stereocenters. The van der Waals surface area contributed by atoms with E-state index in [0.717, 1.165) is 46.5 Å². The van der Waals surface area contributed by atoms with Crippen molar-refractivity contribution in [1.82, 2.24) is 29.8 Å². The number of anilines is 3. The van der Waals surface area contributed by atoms with Crippen LogP contribution >= 0.6 is 22.7 Å². The van der Waals surface area contributed by atoms with Gasteiger partial charge in [0.25, 0.3) is 5.91 Å². The van der Waals surface area contributed by atoms with E-state index in [9.17, 15) is 18.0 Å². The van der Waals surface area contributed by atoms with Crippen molar-refractivity contribution in [3.63, 3.8) is 0 Å². The Hall–Kier alpha value is -3.65. The van der Waals surface area contributed by atoms with Gasteiger partial charge in [-0.2, -0.15) is 13.2 Å². The number of piperazine rings is 1. The fraction of sp³-hybridized carbons (Fsp3) is 0.360. The fourth-order valence-corrected chi connectivity index (χ4v) is 6.75. The van der Waals surface area contributed by atoms with Crippen LogP contribution in [0, 0.1) is 13.8 Å². The quantitative estimate of drug-likeness (QED) is 0.343. The molecular formula is C25H23F3N8OS2. The lowest BCUT2D eigenvalue weighted by Gasteiger charge is -2.41. The van der Waals surface area contributed by atoms with Crippen molar-refractivity contribution >= 4 is 45.5 Å². The monoisotopic (exact) mass is 572 g/mol. The van der Waals surface area contributed by atoms with Gasteiger partial charge in [-0.25, -0.2) is 24.9 Å². The number of nitrogens with one attached hydrogen (secondary N) is 1. The van der Waals surface area contributed by atoms with Gasteiger partial charge in [0, 0.05) is 49.1 Å². The second-order valence-corrected chi connectivity index (χ2v) is 11.6. The molecule has 6 rings (SSSR count). The van der Waals surface area contributed by atoms with Gasteiger partial charge in [-0.3, -0.25) is 4.79 Å². The average molecular weight is 573 g/mol. The molecule has 1 amide bonds. The first-order chi connectivity index (χ1) is 18.7. The molecule has 2 aliphatic heterocycles. The molecule has 14 heteroatoms. The van der Waals surface area contributed by atoms with Crippen molar-refractivity contribution in [1.29, 1.82) is 0 Å². The van der Waals surface area contributed by atoms with Crippen LogP contribution in [0.5, 0.6) is 0 Å². The number of halogens is 3. The molecule has 0 spiro atoms. The predicted molar refractivity (Wildman–Crippen MR) is 142 cm³/mol. The molecule has 0 aliphatic carbocycles. The lowest BCUT2D eigenvalue weighted by molar-refractivity contribution is -0.138. The van der Waals surface area contributed by atoms with Crippen LogP contribution in [0.3, 0.4) is 0 Å². The lowest BCUT2D eigenvalue weighted by Crippen LogP contribution is -2.56. The number of alkyl halides is 3. The van der Waals surface area contributed by atoms with E-state index >= 15 is 0 Å². The van der Waals surface area contributed by atoms with E-state index in [1.807, 2.05) is 24.1 Å². The molecule has 202 valence electrons. The summed E-state index contributed by atoms with van der Waals surface area (Å²) in [6, 6.07) is 3.37. The summed E-state index contributed by atoms with van der Waals surface area (Å²) in [7, 11) is 0. The van der Waals surface area contributed by atoms with E-state index in [1.54, 1.807) is 34.6 Å². The SMILES string of the molecule is Cc1nc(C)c(-c2csc(Nc3ccc(C(=O)N4CC5CCC(C4)N5c4ncc(C(F)(F)F)cn4)cn3)n2)s1. The third-order valence-electron chi connectivity index (χ3n) is 6.85. The van der Waals surface area contributed by atoms with Crippen molar-refractivity contribution in [2.45, 2.75) is 44.9 Å². The minimum Gasteiger partial charge on any atom is -0.334 e. The highest BCUT2D eigenvalue weighted by atomic mass is 32.1. The van der Waals surface area contributed by atoms with Crippen LogP contribution in [-0.4, -0.2) is 60.9 Å². The maximum atomic E-state index is 13.3. The Balaban J connectivity index is 1.10. The predicted octanol–water partition coefficient (Wildman–Crippen LogP) is 5.32. The molecule has 2 aliphatic rings. The van der Waals surface area contributed by atoms with Crippen LogP contribution in [0.25, 0.3) is 10.6 Å². The van der Waals surface area contributed by atoms with Crippen molar-refractivity contribution in [3.8, 4) is 10.6 Å². The van der Waals surface area contributed by atoms with Gasteiger partial charge in [0.05, 0.1) is 32.4 Å². The van der Waals surface area contributed by atoms with E-state index in [-0.39, 0.29) is 23.9 Å². The van der Waals surface area contributed by atoms with Crippen molar-refractivity contribution in [3.05, 3.63) is 57.9 Å². The van der Waals surface area contributed by atoms with Gasteiger partial charge in [0.1, 0.15) is 5.82 Å². The molecule has 2 atom stereocenters. The molecule has 4 aromatic rings. The zero-order valence-corrected chi connectivity index (χ0v) is 22.6. The Morgan fingerprint density at radius 1 is 1.03 bits per heavy atom. The summed E-state index contributed by atoms with van der Waals surface area (Å²) < 4.78 is 38.7. The maximum Gasteiger partial charge on any atom is 0.419 e. The summed E-state index contributed by atoms with van der Waals surface area (Å²) in [5.41, 5.74) is 1.41. The number of fused-ring (bicyclic) bond motifs is 2. The van der Waals surface area contributed by atoms with Crippen LogP contribution in [0.1, 0.15) is 39.5 Å². The van der Waals surface area contributed by atoms with E-state index < -0.39 is 11.7 Å². The van der Waals surface area contributed by atoms with Gasteiger partial charge in [-0.05, 0) is 38.8 Å². The summed E-state index contributed by atoms with van der Waals surface area (Å²) in [4.78, 5) is 39.5. The smallest absolute Gasteiger partial charge is 0.334 e. The Morgan fingerprint density at radius 3 is 2.33 bits per heavy atom. The second kappa shape index (κ2) is 9.83. The van der Waals surface area contributed by atoms with Crippen LogP contribution in [0.2, 0.25) is 0 Å². The Morgan fingerprint density at radius 2 is 1.74 bits per heavy atom. The van der Waals surface area contributed by atoms with Crippen LogP contribution < -0.4 is 10.2 Å². The van der Waals surface area contributed by atoms with E-state index in [0.29, 0.717) is 29.6 Å². The van der Waals surface area contributed by atoms with Gasteiger partial charge in [0.15, 0.2) is 5.13 Å². The molecule has 0 radical (unpaired) electrons. The highest BCUT2D eigenvalue weighted by Crippen LogP contribution is 2.35. The first-order valence-corrected chi connectivity index (χ1v) is 13.9. The molecule has 9 nitrogen and oxygen atoms in total. The topological polar surface area (TPSA) is 100 Å². The Bertz CT molecular complexity index is 1490. The average Bonchev–Trinajstić information content (AvgIpc) is 3.58. The molecule has 6 heterocycles. The third kappa shape index (κ3) is 5.05. The zero-order valence-electron chi connectivity index (χ0n) is 20.9. The number of aromatic nitrogens is 5. The number of pyridine rings is 1. The van der Waals surface area contributed by atoms with Crippen molar-refractivity contribution in [2.75, 3.05) is 23.3 Å². The third-order valence-corrected chi connectivity index (χ3v) is 8.70. The molecule has 0 saturated carbocycles. The van der Waals surface area contributed by atoms with Crippen LogP contribution in [-0.2, 0) is 6.18 Å². The number of hydrogen-bond acceptors (Lipinski definition) is 10. The van der Waals surface area contributed by atoms with Crippen molar-refractivity contribution in [2.24, 2.45) is 0 Å². The van der Waals surface area contributed by atoms with Gasteiger partial charge in [0.2, 0.25) is 5.95 Å². The molecular weight excluding hydrogens is 549 g/mol. The zero-order chi connectivity index (χ0) is 27.3. The summed E-state index contributed by atoms with van der Waals surface area (Å²) in [5.74, 6) is 0.714. The first kappa shape index (κ1) is 25.6. The standard InChI is InChI=1S/C25H23F3N8OS2/c1-13-21(39-14(2)32-13)19-12-38-24(33-19)34-20-6-3-15(7-29-20)22(37)35-10-17-4-5-18(11-35)36(17)23-30-8-16(9-31-23)25(26,27)28/h3,6-9,12,17-18H,4-5,10-11H2,1-2H3,(H,29,33,34). The van der Waals surface area contributed by atoms with Crippen LogP contribution in [0.15, 0.2) is 36.1 Å². The number of hydrogen-bond donors (Lipinski definition) is 1. The summed E-state index contributed by atoms with van der Waals surface area (Å²) in [6.45, 7) is 4.82. The van der Waals surface area contributed by atoms with Gasteiger partial charge in [-0.15, -0.1) is 22.7 Å². The number of carbonyl (C=O) groups excluding carboxylic acids is 1. The summed E-state index contributed by atoms with van der Waals surface area (Å²) in [5, 5.41) is 6.86. The molecule has 1 N–H and O–H groups in total. The Labute approximate surface area is 229 Å².